The lowest BCUT2D eigenvalue weighted by Gasteiger charge is -2.17. The van der Waals surface area contributed by atoms with Crippen molar-refractivity contribution >= 4 is 29.0 Å². The SMILES string of the molecule is Cc1ccc(C(C)C)c(OCCN2C(=O)S/C(=C\c3cccc(OCc4ccc(F)cc4)c3)C2=O)c1. The summed E-state index contributed by atoms with van der Waals surface area (Å²) in [7, 11) is 0. The van der Waals surface area contributed by atoms with Crippen LogP contribution in [0.2, 0.25) is 0 Å². The first-order valence-corrected chi connectivity index (χ1v) is 12.6. The molecule has 1 heterocycles. The van der Waals surface area contributed by atoms with Gasteiger partial charge in [0.25, 0.3) is 11.1 Å². The minimum Gasteiger partial charge on any atom is -0.491 e. The van der Waals surface area contributed by atoms with Crippen molar-refractivity contribution in [2.45, 2.75) is 33.3 Å². The largest absolute Gasteiger partial charge is 0.491 e. The van der Waals surface area contributed by atoms with Crippen LogP contribution in [-0.4, -0.2) is 29.2 Å². The highest BCUT2D eigenvalue weighted by molar-refractivity contribution is 8.18. The number of aryl methyl sites for hydroxylation is 1. The van der Waals surface area contributed by atoms with Gasteiger partial charge >= 0.3 is 0 Å². The zero-order valence-electron chi connectivity index (χ0n) is 20.5. The van der Waals surface area contributed by atoms with E-state index >= 15 is 0 Å². The first-order valence-electron chi connectivity index (χ1n) is 11.8. The Morgan fingerprint density at radius 1 is 1.00 bits per heavy atom. The number of carbonyl (C=O) groups is 2. The van der Waals surface area contributed by atoms with Crippen LogP contribution in [0.5, 0.6) is 11.5 Å². The van der Waals surface area contributed by atoms with Crippen LogP contribution in [-0.2, 0) is 11.4 Å². The molecule has 36 heavy (non-hydrogen) atoms. The Bertz CT molecular complexity index is 1290. The Morgan fingerprint density at radius 2 is 1.78 bits per heavy atom. The van der Waals surface area contributed by atoms with Crippen molar-refractivity contribution in [3.63, 3.8) is 0 Å². The second-order valence-electron chi connectivity index (χ2n) is 8.87. The summed E-state index contributed by atoms with van der Waals surface area (Å²) in [4.78, 5) is 27.0. The van der Waals surface area contributed by atoms with Crippen molar-refractivity contribution in [1.82, 2.24) is 4.90 Å². The Morgan fingerprint density at radius 3 is 2.53 bits per heavy atom. The minimum atomic E-state index is -0.334. The molecule has 0 spiro atoms. The summed E-state index contributed by atoms with van der Waals surface area (Å²) in [6.07, 6.45) is 1.69. The van der Waals surface area contributed by atoms with Crippen molar-refractivity contribution < 1.29 is 23.5 Å². The highest BCUT2D eigenvalue weighted by atomic mass is 32.2. The summed E-state index contributed by atoms with van der Waals surface area (Å²) < 4.78 is 24.8. The number of carbonyl (C=O) groups excluding carboxylic acids is 2. The van der Waals surface area contributed by atoms with E-state index in [9.17, 15) is 14.0 Å². The monoisotopic (exact) mass is 505 g/mol. The molecule has 7 heteroatoms. The second kappa shape index (κ2) is 11.4. The zero-order chi connectivity index (χ0) is 25.7. The maximum Gasteiger partial charge on any atom is 0.293 e. The normalized spacial score (nSPS) is 14.7. The third-order valence-corrected chi connectivity index (χ3v) is 6.62. The Hall–Kier alpha value is -3.58. The van der Waals surface area contributed by atoms with Crippen molar-refractivity contribution in [2.24, 2.45) is 0 Å². The van der Waals surface area contributed by atoms with Crippen molar-refractivity contribution in [3.05, 3.63) is 99.7 Å². The molecule has 5 nitrogen and oxygen atoms in total. The number of rotatable bonds is 9. The molecule has 186 valence electrons. The van der Waals surface area contributed by atoms with E-state index in [0.29, 0.717) is 23.2 Å². The number of amides is 2. The van der Waals surface area contributed by atoms with Crippen LogP contribution < -0.4 is 9.47 Å². The molecule has 3 aromatic carbocycles. The summed E-state index contributed by atoms with van der Waals surface area (Å²) in [5, 5.41) is -0.313. The molecule has 1 aliphatic heterocycles. The zero-order valence-corrected chi connectivity index (χ0v) is 21.3. The average molecular weight is 506 g/mol. The minimum absolute atomic E-state index is 0.175. The van der Waals surface area contributed by atoms with Crippen molar-refractivity contribution in [3.8, 4) is 11.5 Å². The van der Waals surface area contributed by atoms with Crippen LogP contribution in [0.3, 0.4) is 0 Å². The first kappa shape index (κ1) is 25.5. The van der Waals surface area contributed by atoms with E-state index in [0.717, 1.165) is 39.8 Å². The van der Waals surface area contributed by atoms with Crippen LogP contribution >= 0.6 is 11.8 Å². The lowest BCUT2D eigenvalue weighted by Crippen LogP contribution is -2.32. The lowest BCUT2D eigenvalue weighted by atomic mass is 10.0. The van der Waals surface area contributed by atoms with Gasteiger partial charge in [-0.25, -0.2) is 4.39 Å². The number of benzene rings is 3. The number of nitrogens with zero attached hydrogens (tertiary/aromatic N) is 1. The lowest BCUT2D eigenvalue weighted by molar-refractivity contribution is -0.123. The van der Waals surface area contributed by atoms with Crippen LogP contribution in [0, 0.1) is 12.7 Å². The molecule has 0 N–H and O–H groups in total. The fourth-order valence-corrected chi connectivity index (χ4v) is 4.64. The topological polar surface area (TPSA) is 55.8 Å². The molecule has 2 amide bonds. The summed E-state index contributed by atoms with van der Waals surface area (Å²) in [5.74, 6) is 1.07. The van der Waals surface area contributed by atoms with Crippen LogP contribution in [0.15, 0.2) is 71.6 Å². The molecular weight excluding hydrogens is 477 g/mol. The number of ether oxygens (including phenoxy) is 2. The Labute approximate surface area is 214 Å². The van der Waals surface area contributed by atoms with E-state index in [1.54, 1.807) is 30.3 Å². The molecular formula is C29H28FNO4S. The number of halogens is 1. The van der Waals surface area contributed by atoms with Gasteiger partial charge in [-0.1, -0.05) is 50.2 Å². The maximum absolute atomic E-state index is 13.1. The van der Waals surface area contributed by atoms with Crippen LogP contribution in [0.4, 0.5) is 9.18 Å². The van der Waals surface area contributed by atoms with E-state index in [4.69, 9.17) is 9.47 Å². The van der Waals surface area contributed by atoms with Gasteiger partial charge < -0.3 is 9.47 Å². The Balaban J connectivity index is 1.37. The molecule has 0 aromatic heterocycles. The van der Waals surface area contributed by atoms with Crippen LogP contribution in [0.25, 0.3) is 6.08 Å². The predicted molar refractivity (Wildman–Crippen MR) is 141 cm³/mol. The molecule has 0 unspecified atom stereocenters. The molecule has 1 fully saturated rings. The third-order valence-electron chi connectivity index (χ3n) is 5.71. The molecule has 0 radical (unpaired) electrons. The van der Waals surface area contributed by atoms with Crippen molar-refractivity contribution in [2.75, 3.05) is 13.2 Å². The maximum atomic E-state index is 13.1. The molecule has 1 saturated heterocycles. The molecule has 0 saturated carbocycles. The highest BCUT2D eigenvalue weighted by Crippen LogP contribution is 2.33. The standard InChI is InChI=1S/C29H28FNO4S/c1-19(2)25-12-7-20(3)15-26(25)34-14-13-31-28(32)27(36-29(31)33)17-22-5-4-6-24(16-22)35-18-21-8-10-23(30)11-9-21/h4-12,15-17,19H,13-14,18H2,1-3H3/b27-17-. The summed E-state index contributed by atoms with van der Waals surface area (Å²) in [5.41, 5.74) is 3.77. The highest BCUT2D eigenvalue weighted by Gasteiger charge is 2.34. The van der Waals surface area contributed by atoms with Gasteiger partial charge in [0.15, 0.2) is 0 Å². The van der Waals surface area contributed by atoms with E-state index in [1.165, 1.54) is 17.0 Å². The fourth-order valence-electron chi connectivity index (χ4n) is 3.78. The van der Waals surface area contributed by atoms with Gasteiger partial charge in [-0.05, 0) is 83.3 Å². The van der Waals surface area contributed by atoms with Crippen LogP contribution in [0.1, 0.15) is 42.0 Å². The van der Waals surface area contributed by atoms with E-state index in [-0.39, 0.29) is 30.1 Å². The van der Waals surface area contributed by atoms with Gasteiger partial charge in [0, 0.05) is 0 Å². The smallest absolute Gasteiger partial charge is 0.293 e. The molecule has 0 bridgehead atoms. The van der Waals surface area contributed by atoms with Gasteiger partial charge in [-0.2, -0.15) is 0 Å². The second-order valence-corrected chi connectivity index (χ2v) is 9.86. The summed E-state index contributed by atoms with van der Waals surface area (Å²) >= 11 is 0.917. The van der Waals surface area contributed by atoms with E-state index in [2.05, 4.69) is 19.9 Å². The van der Waals surface area contributed by atoms with Crippen molar-refractivity contribution in [1.29, 1.82) is 0 Å². The number of thioether (sulfide) groups is 1. The number of imide groups is 1. The van der Waals surface area contributed by atoms with Gasteiger partial charge in [-0.15, -0.1) is 0 Å². The first-order chi connectivity index (χ1) is 17.3. The average Bonchev–Trinajstić information content (AvgIpc) is 3.11. The van der Waals surface area contributed by atoms with Gasteiger partial charge in [-0.3, -0.25) is 14.5 Å². The number of hydrogen-bond donors (Lipinski definition) is 0. The van der Waals surface area contributed by atoms with E-state index < -0.39 is 0 Å². The van der Waals surface area contributed by atoms with Gasteiger partial charge in [0.2, 0.25) is 0 Å². The summed E-state index contributed by atoms with van der Waals surface area (Å²) in [6.45, 7) is 6.89. The molecule has 4 rings (SSSR count). The predicted octanol–water partition coefficient (Wildman–Crippen LogP) is 6.95. The third kappa shape index (κ3) is 6.34. The molecule has 0 aliphatic carbocycles. The molecule has 1 aliphatic rings. The van der Waals surface area contributed by atoms with E-state index in [1.807, 2.05) is 31.2 Å². The Kier molecular flexibility index (Phi) is 8.10. The number of hydrogen-bond acceptors (Lipinski definition) is 5. The molecule has 3 aromatic rings. The molecule has 0 atom stereocenters. The fraction of sp³-hybridized carbons (Fsp3) is 0.241. The van der Waals surface area contributed by atoms with Gasteiger partial charge in [0.05, 0.1) is 11.4 Å². The quantitative estimate of drug-likeness (QED) is 0.295. The summed E-state index contributed by atoms with van der Waals surface area (Å²) in [6, 6.07) is 19.5. The van der Waals surface area contributed by atoms with Gasteiger partial charge in [0.1, 0.15) is 30.5 Å².